The van der Waals surface area contributed by atoms with Gasteiger partial charge in [0.15, 0.2) is 5.60 Å². The fraction of sp³-hybridized carbons (Fsp3) is 0.0476. The van der Waals surface area contributed by atoms with Crippen molar-refractivity contribution in [1.82, 2.24) is 0 Å². The SMILES string of the molecule is C1=Cc2ccccc2C2(O1)c1ccccc1-c1ccccc12. The molecular weight excluding hydrogens is 268 g/mol. The molecule has 5 rings (SSSR count). The first-order valence-electron chi connectivity index (χ1n) is 7.54. The molecule has 1 aliphatic carbocycles. The minimum absolute atomic E-state index is 0.515. The Morgan fingerprint density at radius 1 is 0.591 bits per heavy atom. The normalized spacial score (nSPS) is 15.8. The number of rotatable bonds is 0. The molecule has 3 aromatic rings. The van der Waals surface area contributed by atoms with Crippen molar-refractivity contribution in [3.8, 4) is 11.1 Å². The quantitative estimate of drug-likeness (QED) is 0.566. The third-order valence-electron chi connectivity index (χ3n) is 4.74. The second-order valence-electron chi connectivity index (χ2n) is 5.78. The molecule has 0 saturated carbocycles. The van der Waals surface area contributed by atoms with Gasteiger partial charge in [0, 0.05) is 16.7 Å². The smallest absolute Gasteiger partial charge is 0.185 e. The van der Waals surface area contributed by atoms with Gasteiger partial charge in [0.05, 0.1) is 6.26 Å². The van der Waals surface area contributed by atoms with E-state index in [1.165, 1.54) is 33.4 Å². The fourth-order valence-electron chi connectivity index (χ4n) is 3.85. The maximum Gasteiger partial charge on any atom is 0.185 e. The fourth-order valence-corrected chi connectivity index (χ4v) is 3.85. The van der Waals surface area contributed by atoms with Crippen LogP contribution in [0.1, 0.15) is 22.3 Å². The summed E-state index contributed by atoms with van der Waals surface area (Å²) in [6.07, 6.45) is 3.88. The average Bonchev–Trinajstić information content (AvgIpc) is 2.87. The molecule has 1 nitrogen and oxygen atoms in total. The first-order valence-corrected chi connectivity index (χ1v) is 7.54. The van der Waals surface area contributed by atoms with E-state index >= 15 is 0 Å². The molecule has 0 atom stereocenters. The van der Waals surface area contributed by atoms with E-state index in [-0.39, 0.29) is 0 Å². The first-order chi connectivity index (χ1) is 10.9. The lowest BCUT2D eigenvalue weighted by Gasteiger charge is -2.35. The van der Waals surface area contributed by atoms with Crippen molar-refractivity contribution in [3.63, 3.8) is 0 Å². The van der Waals surface area contributed by atoms with Crippen molar-refractivity contribution in [2.75, 3.05) is 0 Å². The van der Waals surface area contributed by atoms with Gasteiger partial charge >= 0.3 is 0 Å². The third kappa shape index (κ3) is 1.29. The lowest BCUT2D eigenvalue weighted by molar-refractivity contribution is 0.100. The van der Waals surface area contributed by atoms with Crippen LogP contribution in [0, 0.1) is 0 Å². The summed E-state index contributed by atoms with van der Waals surface area (Å²) in [7, 11) is 0. The molecule has 0 unspecified atom stereocenters. The molecule has 3 aromatic carbocycles. The van der Waals surface area contributed by atoms with Crippen molar-refractivity contribution < 1.29 is 4.74 Å². The molecule has 2 aliphatic rings. The van der Waals surface area contributed by atoms with Gasteiger partial charge in [0.25, 0.3) is 0 Å². The van der Waals surface area contributed by atoms with Gasteiger partial charge in [0.2, 0.25) is 0 Å². The second kappa shape index (κ2) is 4.11. The van der Waals surface area contributed by atoms with Gasteiger partial charge in [-0.1, -0.05) is 72.8 Å². The van der Waals surface area contributed by atoms with E-state index in [0.29, 0.717) is 0 Å². The molecule has 1 aliphatic heterocycles. The van der Waals surface area contributed by atoms with Gasteiger partial charge in [-0.3, -0.25) is 0 Å². The van der Waals surface area contributed by atoms with Gasteiger partial charge in [0.1, 0.15) is 0 Å². The second-order valence-corrected chi connectivity index (χ2v) is 5.78. The van der Waals surface area contributed by atoms with E-state index < -0.39 is 5.60 Å². The predicted octanol–water partition coefficient (Wildman–Crippen LogP) is 4.96. The lowest BCUT2D eigenvalue weighted by Crippen LogP contribution is -2.31. The molecule has 0 bridgehead atoms. The molecule has 0 aromatic heterocycles. The summed E-state index contributed by atoms with van der Waals surface area (Å²) in [5.41, 5.74) is 6.92. The van der Waals surface area contributed by atoms with Crippen LogP contribution in [0.15, 0.2) is 79.1 Å². The Balaban J connectivity index is 1.95. The van der Waals surface area contributed by atoms with Crippen LogP contribution < -0.4 is 0 Å². The summed E-state index contributed by atoms with van der Waals surface area (Å²) < 4.78 is 6.33. The van der Waals surface area contributed by atoms with Crippen molar-refractivity contribution in [2.24, 2.45) is 0 Å². The highest BCUT2D eigenvalue weighted by Gasteiger charge is 2.47. The molecule has 22 heavy (non-hydrogen) atoms. The standard InChI is InChI=1S/C21H14O/c1-4-10-18-15(7-1)13-14-22-21(18)19-11-5-2-8-16(19)17-9-3-6-12-20(17)21/h1-14H. The summed E-state index contributed by atoms with van der Waals surface area (Å²) >= 11 is 0. The number of hydrogen-bond acceptors (Lipinski definition) is 1. The molecule has 0 radical (unpaired) electrons. The summed E-state index contributed by atoms with van der Waals surface area (Å²) in [6.45, 7) is 0. The molecule has 1 heteroatoms. The Morgan fingerprint density at radius 3 is 1.82 bits per heavy atom. The first kappa shape index (κ1) is 11.8. The van der Waals surface area contributed by atoms with E-state index in [4.69, 9.17) is 4.74 Å². The van der Waals surface area contributed by atoms with Crippen LogP contribution in [0.4, 0.5) is 0 Å². The van der Waals surface area contributed by atoms with Crippen molar-refractivity contribution in [2.45, 2.75) is 5.60 Å². The molecule has 1 heterocycles. The molecule has 1 spiro atoms. The van der Waals surface area contributed by atoms with Crippen LogP contribution in [0.3, 0.4) is 0 Å². The van der Waals surface area contributed by atoms with E-state index in [2.05, 4.69) is 72.8 Å². The minimum atomic E-state index is -0.515. The number of fused-ring (bicyclic) bond motifs is 7. The van der Waals surface area contributed by atoms with Crippen LogP contribution >= 0.6 is 0 Å². The Hall–Kier alpha value is -2.80. The van der Waals surface area contributed by atoms with Crippen molar-refractivity contribution >= 4 is 6.08 Å². The maximum atomic E-state index is 6.33. The minimum Gasteiger partial charge on any atom is -0.481 e. The molecular formula is C21H14O. The lowest BCUT2D eigenvalue weighted by atomic mass is 9.80. The van der Waals surface area contributed by atoms with Gasteiger partial charge in [-0.25, -0.2) is 0 Å². The number of benzene rings is 3. The number of ether oxygens (including phenoxy) is 1. The molecule has 0 amide bonds. The summed E-state index contributed by atoms with van der Waals surface area (Å²) in [5.74, 6) is 0. The maximum absolute atomic E-state index is 6.33. The van der Waals surface area contributed by atoms with Crippen LogP contribution in [-0.2, 0) is 10.3 Å². The highest BCUT2D eigenvalue weighted by molar-refractivity contribution is 5.84. The van der Waals surface area contributed by atoms with Crippen LogP contribution in [0.2, 0.25) is 0 Å². The summed E-state index contributed by atoms with van der Waals surface area (Å²) in [4.78, 5) is 0. The summed E-state index contributed by atoms with van der Waals surface area (Å²) in [5, 5.41) is 0. The Kier molecular flexibility index (Phi) is 2.21. The topological polar surface area (TPSA) is 9.23 Å². The molecule has 104 valence electrons. The zero-order chi connectivity index (χ0) is 14.6. The van der Waals surface area contributed by atoms with Gasteiger partial charge in [-0.15, -0.1) is 0 Å². The van der Waals surface area contributed by atoms with Crippen molar-refractivity contribution in [3.05, 3.63) is 101 Å². The van der Waals surface area contributed by atoms with Gasteiger partial charge in [-0.05, 0) is 22.8 Å². The zero-order valence-electron chi connectivity index (χ0n) is 12.0. The van der Waals surface area contributed by atoms with Crippen LogP contribution in [0.5, 0.6) is 0 Å². The van der Waals surface area contributed by atoms with Gasteiger partial charge in [-0.2, -0.15) is 0 Å². The van der Waals surface area contributed by atoms with Crippen LogP contribution in [0.25, 0.3) is 17.2 Å². The van der Waals surface area contributed by atoms with E-state index in [9.17, 15) is 0 Å². The third-order valence-corrected chi connectivity index (χ3v) is 4.74. The van der Waals surface area contributed by atoms with E-state index in [1.807, 2.05) is 12.3 Å². The Labute approximate surface area is 129 Å². The Morgan fingerprint density at radius 2 is 1.14 bits per heavy atom. The highest BCUT2D eigenvalue weighted by Crippen LogP contribution is 2.55. The van der Waals surface area contributed by atoms with E-state index in [1.54, 1.807) is 0 Å². The zero-order valence-corrected chi connectivity index (χ0v) is 12.0. The molecule has 0 saturated heterocycles. The summed E-state index contributed by atoms with van der Waals surface area (Å²) in [6, 6.07) is 25.6. The van der Waals surface area contributed by atoms with E-state index in [0.717, 1.165) is 0 Å². The molecule has 0 fully saturated rings. The average molecular weight is 282 g/mol. The monoisotopic (exact) mass is 282 g/mol. The molecule has 0 N–H and O–H groups in total. The Bertz CT molecular complexity index is 875. The predicted molar refractivity (Wildman–Crippen MR) is 88.3 cm³/mol. The van der Waals surface area contributed by atoms with Gasteiger partial charge < -0.3 is 4.74 Å². The number of hydrogen-bond donors (Lipinski definition) is 0. The van der Waals surface area contributed by atoms with Crippen molar-refractivity contribution in [1.29, 1.82) is 0 Å². The van der Waals surface area contributed by atoms with Crippen LogP contribution in [-0.4, -0.2) is 0 Å². The highest BCUT2D eigenvalue weighted by atomic mass is 16.5. The largest absolute Gasteiger partial charge is 0.481 e.